The van der Waals surface area contributed by atoms with Gasteiger partial charge in [0, 0.05) is 32.8 Å². The molecule has 0 amide bonds. The molecule has 0 spiro atoms. The van der Waals surface area contributed by atoms with E-state index < -0.39 is 23.3 Å². The zero-order valence-electron chi connectivity index (χ0n) is 35.5. The normalized spacial score (nSPS) is 12.4. The third-order valence-electron chi connectivity index (χ3n) is 9.92. The number of unbranched alkanes of at least 4 members (excludes halogenated alkanes) is 20. The van der Waals surface area contributed by atoms with E-state index in [0.29, 0.717) is 12.8 Å². The lowest BCUT2D eigenvalue weighted by molar-refractivity contribution is -0.167. The summed E-state index contributed by atoms with van der Waals surface area (Å²) < 4.78 is 27.7. The molecule has 0 aromatic heterocycles. The van der Waals surface area contributed by atoms with Crippen molar-refractivity contribution < 1.29 is 42.9 Å². The predicted octanol–water partition coefficient (Wildman–Crippen LogP) is 11.3. The highest BCUT2D eigenvalue weighted by molar-refractivity contribution is 5.86. The predicted molar refractivity (Wildman–Crippen MR) is 214 cm³/mol. The van der Waals surface area contributed by atoms with Crippen molar-refractivity contribution in [1.29, 1.82) is 0 Å². The van der Waals surface area contributed by atoms with E-state index in [1.807, 2.05) is 13.8 Å². The highest BCUT2D eigenvalue weighted by Gasteiger charge is 2.31. The van der Waals surface area contributed by atoms with Gasteiger partial charge in [0.1, 0.15) is 18.8 Å². The smallest absolute Gasteiger partial charge is 0.306 e. The first kappa shape index (κ1) is 51.0. The molecular weight excluding hydrogens is 672 g/mol. The van der Waals surface area contributed by atoms with Crippen molar-refractivity contribution in [3.05, 3.63) is 0 Å². The molecule has 0 bridgehead atoms. The van der Waals surface area contributed by atoms with Gasteiger partial charge in [-0.1, -0.05) is 142 Å². The van der Waals surface area contributed by atoms with Gasteiger partial charge in [-0.2, -0.15) is 0 Å². The van der Waals surface area contributed by atoms with Crippen molar-refractivity contribution in [2.24, 2.45) is 0 Å². The molecular formula is C44H82O9. The zero-order chi connectivity index (χ0) is 39.6. The second-order valence-electron chi connectivity index (χ2n) is 16.1. The van der Waals surface area contributed by atoms with Crippen LogP contribution in [-0.2, 0) is 42.9 Å². The fourth-order valence-corrected chi connectivity index (χ4v) is 5.93. The van der Waals surface area contributed by atoms with Crippen LogP contribution < -0.4 is 0 Å². The monoisotopic (exact) mass is 755 g/mol. The van der Waals surface area contributed by atoms with Crippen molar-refractivity contribution in [2.75, 3.05) is 26.9 Å². The lowest BCUT2D eigenvalue weighted by Crippen LogP contribution is -2.40. The van der Waals surface area contributed by atoms with Gasteiger partial charge in [0.25, 0.3) is 0 Å². The maximum Gasteiger partial charge on any atom is 0.306 e. The highest BCUT2D eigenvalue weighted by Crippen LogP contribution is 2.20. The number of rotatable bonds is 38. The van der Waals surface area contributed by atoms with Crippen molar-refractivity contribution in [2.45, 2.75) is 232 Å². The average molecular weight is 755 g/mol. The van der Waals surface area contributed by atoms with Gasteiger partial charge in [0.2, 0.25) is 0 Å². The number of ketones is 1. The van der Waals surface area contributed by atoms with Crippen LogP contribution in [0.4, 0.5) is 0 Å². The Labute approximate surface area is 325 Å². The number of methoxy groups -OCH3 is 1. The van der Waals surface area contributed by atoms with Gasteiger partial charge in [-0.25, -0.2) is 0 Å². The van der Waals surface area contributed by atoms with Crippen molar-refractivity contribution >= 4 is 23.7 Å². The number of esters is 3. The Morgan fingerprint density at radius 3 is 1.23 bits per heavy atom. The Morgan fingerprint density at radius 1 is 0.472 bits per heavy atom. The molecule has 0 N–H and O–H groups in total. The Bertz CT molecular complexity index is 930. The summed E-state index contributed by atoms with van der Waals surface area (Å²) in [6.07, 6.45) is 26.4. The molecule has 53 heavy (non-hydrogen) atoms. The third-order valence-corrected chi connectivity index (χ3v) is 9.92. The molecule has 1 unspecified atom stereocenters. The number of hydrogen-bond acceptors (Lipinski definition) is 9. The number of ether oxygens (including phenoxy) is 5. The summed E-state index contributed by atoms with van der Waals surface area (Å²) in [6, 6.07) is 0. The fraction of sp³-hybridized carbons (Fsp3) is 0.909. The molecule has 0 aliphatic carbocycles. The maximum atomic E-state index is 12.8. The lowest BCUT2D eigenvalue weighted by Gasteiger charge is -2.30. The fourth-order valence-electron chi connectivity index (χ4n) is 5.93. The van der Waals surface area contributed by atoms with E-state index in [0.717, 1.165) is 38.5 Å². The van der Waals surface area contributed by atoms with Gasteiger partial charge in [0.15, 0.2) is 11.9 Å². The molecule has 0 saturated heterocycles. The molecule has 9 heteroatoms. The molecule has 0 heterocycles. The number of carbonyl (C=O) groups excluding carboxylic acids is 4. The average Bonchev–Trinajstić information content (AvgIpc) is 3.13. The van der Waals surface area contributed by atoms with E-state index in [4.69, 9.17) is 23.7 Å². The minimum absolute atomic E-state index is 0.0312. The minimum atomic E-state index is -1.01. The summed E-state index contributed by atoms with van der Waals surface area (Å²) in [7, 11) is 1.60. The SMILES string of the molecule is CCCCCCCCCCCCCC(=O)OCC(COC(=O)CCCC(=O)C(C)(C)OCC(C)(C)OC)OC(=O)CCCCCCCCCCCCC. The molecule has 312 valence electrons. The van der Waals surface area contributed by atoms with Crippen LogP contribution in [0.1, 0.15) is 215 Å². The van der Waals surface area contributed by atoms with E-state index in [1.165, 1.54) is 103 Å². The van der Waals surface area contributed by atoms with Gasteiger partial charge in [0.05, 0.1) is 12.2 Å². The van der Waals surface area contributed by atoms with Crippen LogP contribution in [-0.4, -0.2) is 67.9 Å². The summed E-state index contributed by atoms with van der Waals surface area (Å²) >= 11 is 0. The first-order chi connectivity index (χ1) is 25.4. The minimum Gasteiger partial charge on any atom is -0.462 e. The second-order valence-corrected chi connectivity index (χ2v) is 16.1. The molecule has 0 aliphatic rings. The van der Waals surface area contributed by atoms with E-state index in [-0.39, 0.29) is 56.8 Å². The van der Waals surface area contributed by atoms with Gasteiger partial charge in [-0.3, -0.25) is 19.2 Å². The zero-order valence-corrected chi connectivity index (χ0v) is 35.5. The van der Waals surface area contributed by atoms with E-state index in [9.17, 15) is 19.2 Å². The Morgan fingerprint density at radius 2 is 0.830 bits per heavy atom. The van der Waals surface area contributed by atoms with E-state index >= 15 is 0 Å². The Balaban J connectivity index is 4.64. The summed E-state index contributed by atoms with van der Waals surface area (Å²) in [5, 5.41) is 0. The number of carbonyl (C=O) groups is 4. The highest BCUT2D eigenvalue weighted by atomic mass is 16.6. The molecule has 0 aliphatic heterocycles. The van der Waals surface area contributed by atoms with Crippen LogP contribution in [0.5, 0.6) is 0 Å². The van der Waals surface area contributed by atoms with E-state index in [2.05, 4.69) is 13.8 Å². The molecule has 0 aromatic carbocycles. The Hall–Kier alpha value is -2.00. The van der Waals surface area contributed by atoms with Crippen LogP contribution in [0.25, 0.3) is 0 Å². The van der Waals surface area contributed by atoms with Crippen LogP contribution >= 0.6 is 0 Å². The number of hydrogen-bond donors (Lipinski definition) is 0. The summed E-state index contributed by atoms with van der Waals surface area (Å²) in [5.74, 6) is -1.34. The van der Waals surface area contributed by atoms with Gasteiger partial charge >= 0.3 is 17.9 Å². The molecule has 1 atom stereocenters. The molecule has 0 saturated carbocycles. The molecule has 0 fully saturated rings. The summed E-state index contributed by atoms with van der Waals surface area (Å²) in [6.45, 7) is 11.6. The van der Waals surface area contributed by atoms with Crippen LogP contribution in [0, 0.1) is 0 Å². The van der Waals surface area contributed by atoms with Crippen LogP contribution in [0.3, 0.4) is 0 Å². The molecule has 9 nitrogen and oxygen atoms in total. The summed E-state index contributed by atoms with van der Waals surface area (Å²) in [5.41, 5.74) is -1.53. The van der Waals surface area contributed by atoms with Gasteiger partial charge < -0.3 is 23.7 Å². The maximum absolute atomic E-state index is 12.8. The van der Waals surface area contributed by atoms with Gasteiger partial charge in [-0.15, -0.1) is 0 Å². The van der Waals surface area contributed by atoms with E-state index in [1.54, 1.807) is 21.0 Å². The second kappa shape index (κ2) is 33.3. The standard InChI is InChI=1S/C44H82O9/c1-8-10-12-14-16-18-20-22-24-26-28-32-40(46)50-35-38(53-42(48)33-29-27-25-23-21-19-17-15-13-11-9-2)36-51-41(47)34-30-31-39(45)44(5,6)52-37-43(3,4)49-7/h38H,8-37H2,1-7H3. The van der Waals surface area contributed by atoms with Crippen LogP contribution in [0.2, 0.25) is 0 Å². The third kappa shape index (κ3) is 32.0. The topological polar surface area (TPSA) is 114 Å². The first-order valence-corrected chi connectivity index (χ1v) is 21.6. The molecule has 0 radical (unpaired) electrons. The van der Waals surface area contributed by atoms with Crippen molar-refractivity contribution in [1.82, 2.24) is 0 Å². The molecule has 0 aromatic rings. The Kier molecular flexibility index (Phi) is 32.1. The van der Waals surface area contributed by atoms with Crippen molar-refractivity contribution in [3.63, 3.8) is 0 Å². The van der Waals surface area contributed by atoms with Crippen LogP contribution in [0.15, 0.2) is 0 Å². The van der Waals surface area contributed by atoms with Crippen molar-refractivity contribution in [3.8, 4) is 0 Å². The summed E-state index contributed by atoms with van der Waals surface area (Å²) in [4.78, 5) is 50.6. The van der Waals surface area contributed by atoms with Gasteiger partial charge in [-0.05, 0) is 47.0 Å². The largest absolute Gasteiger partial charge is 0.462 e. The lowest BCUT2D eigenvalue weighted by atomic mass is 9.98. The quantitative estimate of drug-likeness (QED) is 0.0345. The number of Topliss-reactive ketones (excluding diaryl/α,β-unsaturated/α-hetero) is 1. The first-order valence-electron chi connectivity index (χ1n) is 21.6. The molecule has 0 rings (SSSR count).